The predicted octanol–water partition coefficient (Wildman–Crippen LogP) is 2.58. The van der Waals surface area contributed by atoms with E-state index in [-0.39, 0.29) is 34.1 Å². The van der Waals surface area contributed by atoms with E-state index in [0.717, 1.165) is 25.7 Å². The summed E-state index contributed by atoms with van der Waals surface area (Å²) in [5.41, 5.74) is 0.288. The molecule has 4 rings (SSSR count). The molecule has 1 saturated heterocycles. The van der Waals surface area contributed by atoms with Crippen LogP contribution >= 0.6 is 11.3 Å². The average Bonchev–Trinajstić information content (AvgIpc) is 3.52. The number of amides is 2. The molecule has 0 radical (unpaired) electrons. The third-order valence-corrected chi connectivity index (χ3v) is 8.36. The van der Waals surface area contributed by atoms with E-state index in [1.54, 1.807) is 21.9 Å². The predicted molar refractivity (Wildman–Crippen MR) is 122 cm³/mol. The lowest BCUT2D eigenvalue weighted by Crippen LogP contribution is -2.50. The van der Waals surface area contributed by atoms with Gasteiger partial charge in [-0.1, -0.05) is 18.9 Å². The molecule has 2 heterocycles. The van der Waals surface area contributed by atoms with Crippen molar-refractivity contribution in [1.82, 2.24) is 14.5 Å². The van der Waals surface area contributed by atoms with E-state index in [1.165, 1.54) is 30.6 Å². The second-order valence-electron chi connectivity index (χ2n) is 8.03. The molecule has 1 aromatic heterocycles. The standard InChI is InChI=1S/C22H27N3O5S2/c1-30-18-9-8-16(15-20(18)32(28,29)23-17-5-2-3-6-17)21(26)24-10-12-25(13-11-24)22(27)19-7-4-14-31-19/h4,7-9,14-15,17,23H,2-3,5-6,10-13H2,1H3. The maximum absolute atomic E-state index is 13.1. The Bertz CT molecular complexity index is 1070. The summed E-state index contributed by atoms with van der Waals surface area (Å²) in [7, 11) is -2.40. The summed E-state index contributed by atoms with van der Waals surface area (Å²) < 4.78 is 34.0. The molecule has 0 unspecified atom stereocenters. The molecule has 0 bridgehead atoms. The van der Waals surface area contributed by atoms with Gasteiger partial charge >= 0.3 is 0 Å². The first-order valence-electron chi connectivity index (χ1n) is 10.7. The summed E-state index contributed by atoms with van der Waals surface area (Å²) in [6.45, 7) is 1.66. The Kier molecular flexibility index (Phi) is 6.82. The summed E-state index contributed by atoms with van der Waals surface area (Å²) in [4.78, 5) is 29.7. The summed E-state index contributed by atoms with van der Waals surface area (Å²) in [6.07, 6.45) is 3.64. The Morgan fingerprint density at radius 2 is 1.69 bits per heavy atom. The summed E-state index contributed by atoms with van der Waals surface area (Å²) in [6, 6.07) is 8.05. The number of thiophene rings is 1. The van der Waals surface area contributed by atoms with Gasteiger partial charge in [0.2, 0.25) is 10.0 Å². The fourth-order valence-electron chi connectivity index (χ4n) is 4.20. The Morgan fingerprint density at radius 3 is 2.28 bits per heavy atom. The van der Waals surface area contributed by atoms with Crippen LogP contribution in [0.4, 0.5) is 0 Å². The largest absolute Gasteiger partial charge is 0.495 e. The van der Waals surface area contributed by atoms with Gasteiger partial charge in [-0.3, -0.25) is 9.59 Å². The first-order chi connectivity index (χ1) is 15.4. The molecule has 32 heavy (non-hydrogen) atoms. The Labute approximate surface area is 192 Å². The Morgan fingerprint density at radius 1 is 1.03 bits per heavy atom. The molecule has 1 N–H and O–H groups in total. The fraction of sp³-hybridized carbons (Fsp3) is 0.455. The van der Waals surface area contributed by atoms with Crippen LogP contribution in [-0.2, 0) is 10.0 Å². The number of piperazine rings is 1. The molecule has 2 amide bonds. The zero-order valence-corrected chi connectivity index (χ0v) is 19.6. The van der Waals surface area contributed by atoms with Crippen LogP contribution in [0.2, 0.25) is 0 Å². The van der Waals surface area contributed by atoms with E-state index in [2.05, 4.69) is 4.72 Å². The number of ether oxygens (including phenoxy) is 1. The summed E-state index contributed by atoms with van der Waals surface area (Å²) in [5, 5.41) is 1.86. The van der Waals surface area contributed by atoms with Crippen LogP contribution in [0, 0.1) is 0 Å². The molecular weight excluding hydrogens is 450 g/mol. The van der Waals surface area contributed by atoms with E-state index < -0.39 is 10.0 Å². The zero-order valence-electron chi connectivity index (χ0n) is 18.0. The van der Waals surface area contributed by atoms with Crippen molar-refractivity contribution >= 4 is 33.2 Å². The van der Waals surface area contributed by atoms with Crippen molar-refractivity contribution in [2.45, 2.75) is 36.6 Å². The minimum atomic E-state index is -3.82. The Balaban J connectivity index is 1.47. The van der Waals surface area contributed by atoms with E-state index in [0.29, 0.717) is 31.1 Å². The average molecular weight is 478 g/mol. The van der Waals surface area contributed by atoms with Crippen molar-refractivity contribution in [3.05, 3.63) is 46.2 Å². The van der Waals surface area contributed by atoms with Crippen molar-refractivity contribution in [3.63, 3.8) is 0 Å². The SMILES string of the molecule is COc1ccc(C(=O)N2CCN(C(=O)c3cccs3)CC2)cc1S(=O)(=O)NC1CCCC1. The third kappa shape index (κ3) is 4.82. The number of sulfonamides is 1. The lowest BCUT2D eigenvalue weighted by atomic mass is 10.1. The van der Waals surface area contributed by atoms with Gasteiger partial charge in [-0.2, -0.15) is 0 Å². The molecule has 8 nitrogen and oxygen atoms in total. The molecule has 172 valence electrons. The minimum absolute atomic E-state index is 0.0238. The van der Waals surface area contributed by atoms with Crippen LogP contribution in [-0.4, -0.2) is 69.4 Å². The number of nitrogens with one attached hydrogen (secondary N) is 1. The molecule has 1 aromatic carbocycles. The second-order valence-corrected chi connectivity index (χ2v) is 10.7. The molecular formula is C22H27N3O5S2. The minimum Gasteiger partial charge on any atom is -0.495 e. The molecule has 1 saturated carbocycles. The zero-order chi connectivity index (χ0) is 22.7. The quantitative estimate of drug-likeness (QED) is 0.690. The van der Waals surface area contributed by atoms with E-state index in [4.69, 9.17) is 4.74 Å². The second kappa shape index (κ2) is 9.60. The van der Waals surface area contributed by atoms with Crippen LogP contribution in [0.1, 0.15) is 45.7 Å². The number of benzene rings is 1. The number of methoxy groups -OCH3 is 1. The highest BCUT2D eigenvalue weighted by Gasteiger charge is 2.29. The van der Waals surface area contributed by atoms with Gasteiger partial charge in [0.05, 0.1) is 12.0 Å². The molecule has 2 fully saturated rings. The highest BCUT2D eigenvalue weighted by atomic mass is 32.2. The normalized spacial score (nSPS) is 17.5. The van der Waals surface area contributed by atoms with Crippen molar-refractivity contribution in [3.8, 4) is 5.75 Å². The van der Waals surface area contributed by atoms with Crippen LogP contribution in [0.15, 0.2) is 40.6 Å². The molecule has 2 aromatic rings. The van der Waals surface area contributed by atoms with Gasteiger partial charge in [-0.25, -0.2) is 13.1 Å². The van der Waals surface area contributed by atoms with E-state index >= 15 is 0 Å². The Hall–Kier alpha value is -2.43. The maximum Gasteiger partial charge on any atom is 0.264 e. The topological polar surface area (TPSA) is 96.0 Å². The lowest BCUT2D eigenvalue weighted by Gasteiger charge is -2.34. The summed E-state index contributed by atoms with van der Waals surface area (Å²) in [5.74, 6) is -0.0745. The lowest BCUT2D eigenvalue weighted by molar-refractivity contribution is 0.0538. The molecule has 0 atom stereocenters. The first-order valence-corrected chi connectivity index (χ1v) is 13.1. The van der Waals surface area contributed by atoms with Crippen molar-refractivity contribution in [2.75, 3.05) is 33.3 Å². The first kappa shape index (κ1) is 22.8. The maximum atomic E-state index is 13.1. The number of nitrogens with zero attached hydrogens (tertiary/aromatic N) is 2. The molecule has 10 heteroatoms. The fourth-order valence-corrected chi connectivity index (χ4v) is 6.39. The number of hydrogen-bond donors (Lipinski definition) is 1. The number of carbonyl (C=O) groups excluding carboxylic acids is 2. The van der Waals surface area contributed by atoms with Gasteiger partial charge in [-0.05, 0) is 42.5 Å². The van der Waals surface area contributed by atoms with Crippen LogP contribution < -0.4 is 9.46 Å². The summed E-state index contributed by atoms with van der Waals surface area (Å²) >= 11 is 1.40. The van der Waals surface area contributed by atoms with Gasteiger partial charge in [0.25, 0.3) is 11.8 Å². The van der Waals surface area contributed by atoms with Gasteiger partial charge in [-0.15, -0.1) is 11.3 Å². The molecule has 1 aliphatic carbocycles. The van der Waals surface area contributed by atoms with Crippen molar-refractivity contribution < 1.29 is 22.7 Å². The van der Waals surface area contributed by atoms with Crippen LogP contribution in [0.5, 0.6) is 5.75 Å². The van der Waals surface area contributed by atoms with Gasteiger partial charge in [0, 0.05) is 37.8 Å². The number of hydrogen-bond acceptors (Lipinski definition) is 6. The highest BCUT2D eigenvalue weighted by molar-refractivity contribution is 7.89. The monoisotopic (exact) mass is 477 g/mol. The molecule has 2 aliphatic rings. The van der Waals surface area contributed by atoms with E-state index in [9.17, 15) is 18.0 Å². The highest BCUT2D eigenvalue weighted by Crippen LogP contribution is 2.28. The van der Waals surface area contributed by atoms with Crippen LogP contribution in [0.25, 0.3) is 0 Å². The molecule has 1 aliphatic heterocycles. The van der Waals surface area contributed by atoms with Gasteiger partial charge < -0.3 is 14.5 Å². The van der Waals surface area contributed by atoms with Crippen molar-refractivity contribution in [2.24, 2.45) is 0 Å². The van der Waals surface area contributed by atoms with Crippen molar-refractivity contribution in [1.29, 1.82) is 0 Å². The molecule has 0 spiro atoms. The number of rotatable bonds is 6. The smallest absolute Gasteiger partial charge is 0.264 e. The van der Waals surface area contributed by atoms with Gasteiger partial charge in [0.1, 0.15) is 10.6 Å². The van der Waals surface area contributed by atoms with Crippen LogP contribution in [0.3, 0.4) is 0 Å². The van der Waals surface area contributed by atoms with Gasteiger partial charge in [0.15, 0.2) is 0 Å². The third-order valence-electron chi connectivity index (χ3n) is 5.96. The number of carbonyl (C=O) groups is 2. The van der Waals surface area contributed by atoms with E-state index in [1.807, 2.05) is 11.4 Å².